The quantitative estimate of drug-likeness (QED) is 0.266. The largest absolute Gasteiger partial charge is 0.494 e. The lowest BCUT2D eigenvalue weighted by atomic mass is 10.1. The Morgan fingerprint density at radius 1 is 0.974 bits per heavy atom. The number of esters is 1. The molecule has 0 bridgehead atoms. The van der Waals surface area contributed by atoms with Gasteiger partial charge >= 0.3 is 5.97 Å². The molecule has 1 aliphatic rings. The highest BCUT2D eigenvalue weighted by atomic mass is 79.9. The molecular formula is C26H27BrN2O8S. The lowest BCUT2D eigenvalue weighted by Crippen LogP contribution is -2.36. The van der Waals surface area contributed by atoms with Crippen LogP contribution < -0.4 is 19.5 Å². The number of halogens is 1. The molecule has 2 aromatic carbocycles. The molecule has 1 fully saturated rings. The Morgan fingerprint density at radius 3 is 2.32 bits per heavy atom. The molecule has 0 radical (unpaired) electrons. The molecule has 1 aliphatic heterocycles. The van der Waals surface area contributed by atoms with E-state index in [2.05, 4.69) is 21.2 Å². The first kappa shape index (κ1) is 29.1. The number of carbonyl (C=O) groups is 4. The Bertz CT molecular complexity index is 1230. The Kier molecular flexibility index (Phi) is 10.6. The van der Waals surface area contributed by atoms with Gasteiger partial charge in [0.1, 0.15) is 12.3 Å². The first-order chi connectivity index (χ1) is 18.2. The van der Waals surface area contributed by atoms with Crippen LogP contribution in [0, 0.1) is 0 Å². The third-order valence-corrected chi connectivity index (χ3v) is 6.52. The van der Waals surface area contributed by atoms with Crippen LogP contribution in [0.5, 0.6) is 17.2 Å². The van der Waals surface area contributed by atoms with Gasteiger partial charge in [0.15, 0.2) is 18.1 Å². The molecule has 3 amide bonds. The van der Waals surface area contributed by atoms with Crippen molar-refractivity contribution in [1.82, 2.24) is 4.90 Å². The summed E-state index contributed by atoms with van der Waals surface area (Å²) in [6.45, 7) is 5.73. The second-order valence-electron chi connectivity index (χ2n) is 7.62. The van der Waals surface area contributed by atoms with Gasteiger partial charge in [0.05, 0.1) is 24.7 Å². The van der Waals surface area contributed by atoms with Crippen molar-refractivity contribution in [2.75, 3.05) is 38.3 Å². The van der Waals surface area contributed by atoms with E-state index in [1.165, 1.54) is 6.08 Å². The van der Waals surface area contributed by atoms with Crippen LogP contribution in [0.25, 0.3) is 6.08 Å². The van der Waals surface area contributed by atoms with E-state index in [1.807, 2.05) is 6.92 Å². The molecule has 0 aliphatic carbocycles. The van der Waals surface area contributed by atoms with Gasteiger partial charge in [-0.3, -0.25) is 19.3 Å². The van der Waals surface area contributed by atoms with Crippen LogP contribution in [0.4, 0.5) is 10.5 Å². The fourth-order valence-corrected chi connectivity index (χ4v) is 4.57. The second-order valence-corrected chi connectivity index (χ2v) is 9.47. The average Bonchev–Trinajstić information content (AvgIpc) is 3.14. The Morgan fingerprint density at radius 2 is 1.66 bits per heavy atom. The van der Waals surface area contributed by atoms with Gasteiger partial charge in [0, 0.05) is 10.2 Å². The highest BCUT2D eigenvalue weighted by Gasteiger charge is 2.36. The topological polar surface area (TPSA) is 120 Å². The van der Waals surface area contributed by atoms with Crippen LogP contribution in [0.3, 0.4) is 0 Å². The van der Waals surface area contributed by atoms with Gasteiger partial charge < -0.3 is 24.3 Å². The van der Waals surface area contributed by atoms with E-state index < -0.39 is 29.6 Å². The summed E-state index contributed by atoms with van der Waals surface area (Å²) >= 11 is 4.16. The number of nitrogens with zero attached hydrogens (tertiary/aromatic N) is 1. The molecule has 202 valence electrons. The van der Waals surface area contributed by atoms with Gasteiger partial charge in [-0.15, -0.1) is 0 Å². The van der Waals surface area contributed by atoms with Crippen molar-refractivity contribution in [2.24, 2.45) is 0 Å². The zero-order valence-corrected chi connectivity index (χ0v) is 23.5. The number of carbonyl (C=O) groups excluding carboxylic acids is 4. The SMILES string of the molecule is CCOC(=O)COc1cc(Br)c(/C=C2/SC(=O)N(CC(=O)Nc3ccc(OCC)cc3)C2=O)cc1OCC. The predicted octanol–water partition coefficient (Wildman–Crippen LogP) is 4.86. The molecular weight excluding hydrogens is 580 g/mol. The van der Waals surface area contributed by atoms with Crippen molar-refractivity contribution in [2.45, 2.75) is 20.8 Å². The van der Waals surface area contributed by atoms with Crippen LogP contribution in [0.2, 0.25) is 0 Å². The van der Waals surface area contributed by atoms with Gasteiger partial charge in [-0.2, -0.15) is 0 Å². The molecule has 1 heterocycles. The molecule has 2 aromatic rings. The van der Waals surface area contributed by atoms with Crippen molar-refractivity contribution in [3.8, 4) is 17.2 Å². The van der Waals surface area contributed by atoms with Gasteiger partial charge in [-0.1, -0.05) is 15.9 Å². The number of anilines is 1. The molecule has 12 heteroatoms. The van der Waals surface area contributed by atoms with Crippen LogP contribution in [0.15, 0.2) is 45.8 Å². The van der Waals surface area contributed by atoms with Crippen LogP contribution >= 0.6 is 27.7 Å². The second kappa shape index (κ2) is 13.9. The fourth-order valence-electron chi connectivity index (χ4n) is 3.30. The predicted molar refractivity (Wildman–Crippen MR) is 146 cm³/mol. The van der Waals surface area contributed by atoms with E-state index in [9.17, 15) is 19.2 Å². The van der Waals surface area contributed by atoms with Gasteiger partial charge in [0.2, 0.25) is 5.91 Å². The number of amides is 3. The maximum absolute atomic E-state index is 12.9. The van der Waals surface area contributed by atoms with Gasteiger partial charge in [-0.25, -0.2) is 4.79 Å². The summed E-state index contributed by atoms with van der Waals surface area (Å²) in [5.74, 6) is -0.299. The third kappa shape index (κ3) is 7.75. The lowest BCUT2D eigenvalue weighted by Gasteiger charge is -2.14. The number of hydrogen-bond donors (Lipinski definition) is 1. The number of thioether (sulfide) groups is 1. The smallest absolute Gasteiger partial charge is 0.344 e. The lowest BCUT2D eigenvalue weighted by molar-refractivity contribution is -0.145. The average molecular weight is 607 g/mol. The molecule has 38 heavy (non-hydrogen) atoms. The van der Waals surface area contributed by atoms with Crippen molar-refractivity contribution >= 4 is 62.5 Å². The zero-order chi connectivity index (χ0) is 27.7. The zero-order valence-electron chi connectivity index (χ0n) is 21.1. The van der Waals surface area contributed by atoms with Crippen molar-refractivity contribution in [3.05, 3.63) is 51.3 Å². The van der Waals surface area contributed by atoms with Gasteiger partial charge in [0.25, 0.3) is 11.1 Å². The molecule has 0 spiro atoms. The van der Waals surface area contributed by atoms with Crippen molar-refractivity contribution in [3.63, 3.8) is 0 Å². The first-order valence-corrected chi connectivity index (χ1v) is 13.4. The van der Waals surface area contributed by atoms with Crippen LogP contribution in [-0.4, -0.2) is 60.9 Å². The van der Waals surface area contributed by atoms with Crippen LogP contribution in [0.1, 0.15) is 26.3 Å². The Labute approximate surface area is 232 Å². The standard InChI is InChI=1S/C26H27BrN2O8S/c1-4-34-18-9-7-17(8-10-18)28-23(30)14-29-25(32)22(38-26(29)33)12-16-11-20(35-5-2)21(13-19(16)27)37-15-24(31)36-6-3/h7-13H,4-6,14-15H2,1-3H3,(H,28,30)/b22-12+. The van der Waals surface area contributed by atoms with Crippen molar-refractivity contribution < 1.29 is 38.1 Å². The number of nitrogens with one attached hydrogen (secondary N) is 1. The number of hydrogen-bond acceptors (Lipinski definition) is 9. The van der Waals surface area contributed by atoms with Crippen LogP contribution in [-0.2, 0) is 19.1 Å². The minimum Gasteiger partial charge on any atom is -0.494 e. The molecule has 1 N–H and O–H groups in total. The first-order valence-electron chi connectivity index (χ1n) is 11.8. The molecule has 3 rings (SSSR count). The van der Waals surface area contributed by atoms with E-state index in [1.54, 1.807) is 50.2 Å². The fraction of sp³-hybridized carbons (Fsp3) is 0.308. The van der Waals surface area contributed by atoms with E-state index in [4.69, 9.17) is 18.9 Å². The number of rotatable bonds is 12. The molecule has 1 saturated heterocycles. The van der Waals surface area contributed by atoms with E-state index in [0.717, 1.165) is 16.7 Å². The maximum atomic E-state index is 12.9. The summed E-state index contributed by atoms with van der Waals surface area (Å²) in [6, 6.07) is 9.99. The molecule has 0 aromatic heterocycles. The van der Waals surface area contributed by atoms with E-state index in [0.29, 0.717) is 46.2 Å². The summed E-state index contributed by atoms with van der Waals surface area (Å²) in [5, 5.41) is 2.11. The molecule has 10 nitrogen and oxygen atoms in total. The molecule has 0 atom stereocenters. The summed E-state index contributed by atoms with van der Waals surface area (Å²) < 4.78 is 22.0. The highest BCUT2D eigenvalue weighted by molar-refractivity contribution is 9.10. The summed E-state index contributed by atoms with van der Waals surface area (Å²) in [6.07, 6.45) is 1.52. The Hall–Kier alpha value is -3.51. The number of benzene rings is 2. The third-order valence-electron chi connectivity index (χ3n) is 4.92. The minimum atomic E-state index is -0.589. The Balaban J connectivity index is 1.71. The van der Waals surface area contributed by atoms with Gasteiger partial charge in [-0.05, 0) is 80.6 Å². The summed E-state index contributed by atoms with van der Waals surface area (Å²) in [4.78, 5) is 50.7. The normalized spacial score (nSPS) is 14.0. The number of ether oxygens (including phenoxy) is 4. The summed E-state index contributed by atoms with van der Waals surface area (Å²) in [7, 11) is 0. The van der Waals surface area contributed by atoms with Crippen molar-refractivity contribution in [1.29, 1.82) is 0 Å². The summed E-state index contributed by atoms with van der Waals surface area (Å²) in [5.41, 5.74) is 1.06. The molecule has 0 unspecified atom stereocenters. The number of imide groups is 1. The minimum absolute atomic E-state index is 0.146. The van der Waals surface area contributed by atoms with E-state index in [-0.39, 0.29) is 18.1 Å². The maximum Gasteiger partial charge on any atom is 0.344 e. The van der Waals surface area contributed by atoms with E-state index >= 15 is 0 Å². The highest BCUT2D eigenvalue weighted by Crippen LogP contribution is 2.38. The molecule has 0 saturated carbocycles. The monoisotopic (exact) mass is 606 g/mol.